The van der Waals surface area contributed by atoms with Crippen molar-refractivity contribution in [2.45, 2.75) is 26.2 Å². The molecular formula is C17H17NO3S. The molecule has 0 aliphatic heterocycles. The average molecular weight is 315 g/mol. The van der Waals surface area contributed by atoms with E-state index in [1.165, 1.54) is 16.9 Å². The Labute approximate surface area is 132 Å². The first kappa shape index (κ1) is 14.8. The third kappa shape index (κ3) is 3.04. The Kier molecular flexibility index (Phi) is 3.98. The molecule has 0 spiro atoms. The zero-order chi connectivity index (χ0) is 15.7. The molecule has 1 aliphatic rings. The molecule has 0 radical (unpaired) electrons. The number of carbonyl (C=O) groups is 2. The van der Waals surface area contributed by atoms with Crippen LogP contribution in [0.15, 0.2) is 30.3 Å². The normalized spacial score (nSPS) is 13.9. The van der Waals surface area contributed by atoms with Crippen molar-refractivity contribution in [3.63, 3.8) is 0 Å². The maximum absolute atomic E-state index is 11.9. The van der Waals surface area contributed by atoms with Crippen molar-refractivity contribution >= 4 is 28.9 Å². The van der Waals surface area contributed by atoms with Gasteiger partial charge >= 0.3 is 5.97 Å². The van der Waals surface area contributed by atoms with Crippen LogP contribution in [0.1, 0.15) is 35.0 Å². The summed E-state index contributed by atoms with van der Waals surface area (Å²) in [6, 6.07) is 9.82. The van der Waals surface area contributed by atoms with Crippen LogP contribution in [-0.4, -0.2) is 17.0 Å². The highest BCUT2D eigenvalue weighted by atomic mass is 32.1. The number of hydrogen-bond donors (Lipinski definition) is 2. The minimum atomic E-state index is -1.01. The van der Waals surface area contributed by atoms with Gasteiger partial charge in [0.1, 0.15) is 4.88 Å². The molecule has 3 rings (SSSR count). The van der Waals surface area contributed by atoms with Crippen LogP contribution >= 0.6 is 11.3 Å². The van der Waals surface area contributed by atoms with Crippen LogP contribution < -0.4 is 5.32 Å². The lowest BCUT2D eigenvalue weighted by molar-refractivity contribution is -0.117. The molecule has 5 heteroatoms. The van der Waals surface area contributed by atoms with Crippen molar-refractivity contribution in [2.75, 3.05) is 5.32 Å². The smallest absolute Gasteiger partial charge is 0.348 e. The standard InChI is InChI=1S/C17H17NO3S/c1-2-10-3-5-11(6-4-10)14-9-13(15(22-14)17(20)21)18-16(19)12-7-8-12/h3-6,9,12H,2,7-8H2,1H3,(H,18,19)(H,20,21). The maximum atomic E-state index is 11.9. The van der Waals surface area contributed by atoms with Gasteiger partial charge in [-0.3, -0.25) is 4.79 Å². The largest absolute Gasteiger partial charge is 0.477 e. The van der Waals surface area contributed by atoms with Crippen LogP contribution in [0.5, 0.6) is 0 Å². The Hall–Kier alpha value is -2.14. The van der Waals surface area contributed by atoms with Crippen molar-refractivity contribution in [2.24, 2.45) is 5.92 Å². The van der Waals surface area contributed by atoms with Crippen molar-refractivity contribution in [3.8, 4) is 10.4 Å². The highest BCUT2D eigenvalue weighted by Crippen LogP contribution is 2.37. The van der Waals surface area contributed by atoms with Gasteiger partial charge in [0.25, 0.3) is 0 Å². The molecule has 22 heavy (non-hydrogen) atoms. The lowest BCUT2D eigenvalue weighted by Crippen LogP contribution is -2.14. The van der Waals surface area contributed by atoms with Gasteiger partial charge in [-0.2, -0.15) is 0 Å². The number of carboxylic acids is 1. The first-order valence-electron chi connectivity index (χ1n) is 7.35. The Morgan fingerprint density at radius 1 is 1.27 bits per heavy atom. The minimum absolute atomic E-state index is 0.0498. The highest BCUT2D eigenvalue weighted by molar-refractivity contribution is 7.18. The van der Waals surface area contributed by atoms with Gasteiger partial charge in [0, 0.05) is 10.8 Å². The molecule has 1 saturated carbocycles. The van der Waals surface area contributed by atoms with E-state index in [1.807, 2.05) is 24.3 Å². The molecule has 0 unspecified atom stereocenters. The summed E-state index contributed by atoms with van der Waals surface area (Å²) in [7, 11) is 0. The number of carbonyl (C=O) groups excluding carboxylic acids is 1. The van der Waals surface area contributed by atoms with Crippen molar-refractivity contribution < 1.29 is 14.7 Å². The van der Waals surface area contributed by atoms with Gasteiger partial charge in [0.05, 0.1) is 5.69 Å². The van der Waals surface area contributed by atoms with Crippen LogP contribution in [0.3, 0.4) is 0 Å². The van der Waals surface area contributed by atoms with E-state index in [0.717, 1.165) is 29.7 Å². The summed E-state index contributed by atoms with van der Waals surface area (Å²) in [6.45, 7) is 2.09. The topological polar surface area (TPSA) is 66.4 Å². The van der Waals surface area contributed by atoms with Gasteiger partial charge < -0.3 is 10.4 Å². The SMILES string of the molecule is CCc1ccc(-c2cc(NC(=O)C3CC3)c(C(=O)O)s2)cc1. The fourth-order valence-corrected chi connectivity index (χ4v) is 3.23. The second-order valence-electron chi connectivity index (χ2n) is 5.47. The quantitative estimate of drug-likeness (QED) is 0.875. The summed E-state index contributed by atoms with van der Waals surface area (Å²) < 4.78 is 0. The van der Waals surface area contributed by atoms with Gasteiger partial charge in [-0.05, 0) is 36.5 Å². The molecule has 0 saturated heterocycles. The van der Waals surface area contributed by atoms with Gasteiger partial charge in [0.2, 0.25) is 5.91 Å². The van der Waals surface area contributed by atoms with E-state index >= 15 is 0 Å². The number of aromatic carboxylic acids is 1. The zero-order valence-corrected chi connectivity index (χ0v) is 13.1. The van der Waals surface area contributed by atoms with Gasteiger partial charge in [0.15, 0.2) is 0 Å². The molecule has 1 aromatic carbocycles. The van der Waals surface area contributed by atoms with Gasteiger partial charge in [-0.15, -0.1) is 11.3 Å². The molecule has 2 N–H and O–H groups in total. The van der Waals surface area contributed by atoms with E-state index in [1.54, 1.807) is 6.07 Å². The van der Waals surface area contributed by atoms with Gasteiger partial charge in [-0.25, -0.2) is 4.79 Å². The number of amides is 1. The second-order valence-corrected chi connectivity index (χ2v) is 6.52. The fraction of sp³-hybridized carbons (Fsp3) is 0.294. The first-order chi connectivity index (χ1) is 10.6. The molecule has 1 amide bonds. The summed E-state index contributed by atoms with van der Waals surface area (Å²) in [4.78, 5) is 24.3. The molecular weight excluding hydrogens is 298 g/mol. The predicted molar refractivity (Wildman–Crippen MR) is 87.4 cm³/mol. The monoisotopic (exact) mass is 315 g/mol. The molecule has 1 aromatic heterocycles. The molecule has 4 nitrogen and oxygen atoms in total. The molecule has 114 valence electrons. The highest BCUT2D eigenvalue weighted by Gasteiger charge is 2.31. The van der Waals surface area contributed by atoms with E-state index in [9.17, 15) is 14.7 Å². The summed E-state index contributed by atoms with van der Waals surface area (Å²) in [5.41, 5.74) is 2.61. The predicted octanol–water partition coefficient (Wildman–Crippen LogP) is 4.02. The van der Waals surface area contributed by atoms with Crippen LogP contribution in [0.4, 0.5) is 5.69 Å². The average Bonchev–Trinajstić information content (AvgIpc) is 3.28. The number of benzene rings is 1. The molecule has 2 aromatic rings. The lowest BCUT2D eigenvalue weighted by atomic mass is 10.1. The number of nitrogens with one attached hydrogen (secondary N) is 1. The van der Waals surface area contributed by atoms with Crippen LogP contribution in [-0.2, 0) is 11.2 Å². The van der Waals surface area contributed by atoms with Gasteiger partial charge in [-0.1, -0.05) is 31.2 Å². The zero-order valence-electron chi connectivity index (χ0n) is 12.3. The third-order valence-corrected chi connectivity index (χ3v) is 4.95. The summed E-state index contributed by atoms with van der Waals surface area (Å²) in [5.74, 6) is -1.03. The van der Waals surface area contributed by atoms with Crippen molar-refractivity contribution in [1.29, 1.82) is 0 Å². The van der Waals surface area contributed by atoms with E-state index in [0.29, 0.717) is 5.69 Å². The second kappa shape index (κ2) is 5.93. The number of thiophene rings is 1. The van der Waals surface area contributed by atoms with Crippen LogP contribution in [0, 0.1) is 5.92 Å². The van der Waals surface area contributed by atoms with E-state index in [4.69, 9.17) is 0 Å². The van der Waals surface area contributed by atoms with Crippen LogP contribution in [0.2, 0.25) is 0 Å². The number of carboxylic acid groups (broad SMARTS) is 1. The fourth-order valence-electron chi connectivity index (χ4n) is 2.27. The Balaban J connectivity index is 1.90. The Morgan fingerprint density at radius 3 is 2.50 bits per heavy atom. The summed E-state index contributed by atoms with van der Waals surface area (Å²) >= 11 is 1.19. The van der Waals surface area contributed by atoms with Crippen molar-refractivity contribution in [3.05, 3.63) is 40.8 Å². The number of aryl methyl sites for hydroxylation is 1. The van der Waals surface area contributed by atoms with E-state index in [2.05, 4.69) is 12.2 Å². The Morgan fingerprint density at radius 2 is 1.95 bits per heavy atom. The third-order valence-electron chi connectivity index (χ3n) is 3.78. The molecule has 1 fully saturated rings. The van der Waals surface area contributed by atoms with E-state index in [-0.39, 0.29) is 16.7 Å². The maximum Gasteiger partial charge on any atom is 0.348 e. The number of anilines is 1. The first-order valence-corrected chi connectivity index (χ1v) is 8.17. The molecule has 1 aliphatic carbocycles. The molecule has 1 heterocycles. The number of hydrogen-bond acceptors (Lipinski definition) is 3. The Bertz CT molecular complexity index is 714. The van der Waals surface area contributed by atoms with Crippen molar-refractivity contribution in [1.82, 2.24) is 0 Å². The van der Waals surface area contributed by atoms with E-state index < -0.39 is 5.97 Å². The molecule has 0 bridgehead atoms. The number of rotatable bonds is 5. The van der Waals surface area contributed by atoms with Crippen LogP contribution in [0.25, 0.3) is 10.4 Å². The lowest BCUT2D eigenvalue weighted by Gasteiger charge is -2.02. The summed E-state index contributed by atoms with van der Waals surface area (Å²) in [5, 5.41) is 12.1. The molecule has 0 atom stereocenters. The summed E-state index contributed by atoms with van der Waals surface area (Å²) in [6.07, 6.45) is 2.75. The minimum Gasteiger partial charge on any atom is -0.477 e.